The van der Waals surface area contributed by atoms with Gasteiger partial charge >= 0.3 is 11.9 Å². The molecule has 0 aromatic rings. The number of esters is 2. The molecule has 0 rings (SSSR count). The summed E-state index contributed by atoms with van der Waals surface area (Å²) in [5.41, 5.74) is 0. The molecule has 0 heterocycles. The van der Waals surface area contributed by atoms with Gasteiger partial charge in [0.15, 0.2) is 6.10 Å². The third-order valence-electron chi connectivity index (χ3n) is 5.30. The van der Waals surface area contributed by atoms with Gasteiger partial charge < -0.3 is 28.6 Å². The second kappa shape index (κ2) is 21.4. The van der Waals surface area contributed by atoms with Crippen molar-refractivity contribution < 1.29 is 38.2 Å². The summed E-state index contributed by atoms with van der Waals surface area (Å²) in [5.74, 6) is -1.96. The summed E-state index contributed by atoms with van der Waals surface area (Å²) < 4.78 is 16.3. The quantitative estimate of drug-likeness (QED) is 0.0983. The first-order valence-corrected chi connectivity index (χ1v) is 13.2. The van der Waals surface area contributed by atoms with Crippen LogP contribution in [0.3, 0.4) is 0 Å². The van der Waals surface area contributed by atoms with E-state index in [0.29, 0.717) is 6.42 Å². The van der Waals surface area contributed by atoms with Gasteiger partial charge in [0.05, 0.1) is 40.3 Å². The second-order valence-corrected chi connectivity index (χ2v) is 9.50. The predicted molar refractivity (Wildman–Crippen MR) is 143 cm³/mol. The third-order valence-corrected chi connectivity index (χ3v) is 5.30. The van der Waals surface area contributed by atoms with Gasteiger partial charge in [0.1, 0.15) is 12.6 Å². The van der Waals surface area contributed by atoms with Crippen LogP contribution in [0.1, 0.15) is 65.2 Å². The Bertz CT molecular complexity index is 763. The molecule has 0 amide bonds. The number of likely N-dealkylation sites (N-methyl/N-ethyl adjacent to an activating group) is 1. The predicted octanol–water partition coefficient (Wildman–Crippen LogP) is 3.67. The SMILES string of the molecule is CC/C=C\C/C=C\C/C=C\C/C=C\CCC(=O)OC(COCCC(C(=O)[O-])[N+](C)(C)C)COC(=O)CC. The second-order valence-electron chi connectivity index (χ2n) is 9.50. The van der Waals surface area contributed by atoms with Crippen molar-refractivity contribution in [1.82, 2.24) is 0 Å². The average molecular weight is 522 g/mol. The van der Waals surface area contributed by atoms with Crippen molar-refractivity contribution in [2.45, 2.75) is 77.4 Å². The molecule has 0 aromatic heterocycles. The maximum absolute atomic E-state index is 12.3. The molecule has 2 atom stereocenters. The van der Waals surface area contributed by atoms with Crippen molar-refractivity contribution in [2.75, 3.05) is 41.0 Å². The summed E-state index contributed by atoms with van der Waals surface area (Å²) in [7, 11) is 5.31. The Kier molecular flexibility index (Phi) is 19.8. The fourth-order valence-electron chi connectivity index (χ4n) is 3.18. The molecular formula is C29H47NO7. The number of nitrogens with zero attached hydrogens (tertiary/aromatic N) is 1. The van der Waals surface area contributed by atoms with E-state index in [0.717, 1.165) is 25.7 Å². The van der Waals surface area contributed by atoms with Gasteiger partial charge in [-0.2, -0.15) is 0 Å². The molecule has 0 saturated heterocycles. The Labute approximate surface area is 223 Å². The van der Waals surface area contributed by atoms with Gasteiger partial charge in [0.25, 0.3) is 0 Å². The van der Waals surface area contributed by atoms with Crippen LogP contribution in [-0.4, -0.2) is 75.5 Å². The number of quaternary nitrogens is 1. The molecule has 0 fully saturated rings. The fraction of sp³-hybridized carbons (Fsp3) is 0.621. The molecule has 0 aliphatic rings. The zero-order chi connectivity index (χ0) is 27.9. The summed E-state index contributed by atoms with van der Waals surface area (Å²) in [5, 5.41) is 11.4. The molecule has 0 N–H and O–H groups in total. The standard InChI is InChI=1S/C29H47NO7/c1-6-8-9-10-11-12-13-14-15-16-17-18-19-20-28(32)37-25(24-36-27(31)7-2)23-35-22-21-26(29(33)34)30(3,4)5/h8-9,11-12,14-15,17-18,25-26H,6-7,10,13,16,19-24H2,1-5H3/b9-8-,12-11-,15-14-,18-17-. The highest BCUT2D eigenvalue weighted by atomic mass is 16.6. The minimum Gasteiger partial charge on any atom is -0.544 e. The highest BCUT2D eigenvalue weighted by Gasteiger charge is 2.25. The van der Waals surface area contributed by atoms with E-state index in [9.17, 15) is 19.5 Å². The van der Waals surface area contributed by atoms with Crippen molar-refractivity contribution >= 4 is 17.9 Å². The lowest BCUT2D eigenvalue weighted by molar-refractivity contribution is -0.889. The zero-order valence-corrected chi connectivity index (χ0v) is 23.4. The molecule has 0 aliphatic carbocycles. The van der Waals surface area contributed by atoms with Crippen molar-refractivity contribution in [2.24, 2.45) is 0 Å². The minimum absolute atomic E-state index is 0.00359. The lowest BCUT2D eigenvalue weighted by Gasteiger charge is -2.34. The van der Waals surface area contributed by atoms with Crippen LogP contribution in [0.15, 0.2) is 48.6 Å². The first-order chi connectivity index (χ1) is 17.6. The van der Waals surface area contributed by atoms with E-state index in [1.807, 2.05) is 12.2 Å². The fourth-order valence-corrected chi connectivity index (χ4v) is 3.18. The van der Waals surface area contributed by atoms with Crippen LogP contribution in [0.2, 0.25) is 0 Å². The molecule has 8 heteroatoms. The number of carbonyl (C=O) groups excluding carboxylic acids is 3. The van der Waals surface area contributed by atoms with Crippen LogP contribution in [-0.2, 0) is 28.6 Å². The number of rotatable bonds is 21. The summed E-state index contributed by atoms with van der Waals surface area (Å²) in [6.45, 7) is 3.83. The Morgan fingerprint density at radius 3 is 1.89 bits per heavy atom. The Morgan fingerprint density at radius 2 is 1.38 bits per heavy atom. The number of carboxylic acids is 1. The monoisotopic (exact) mass is 521 g/mol. The smallest absolute Gasteiger partial charge is 0.306 e. The lowest BCUT2D eigenvalue weighted by Crippen LogP contribution is -2.55. The summed E-state index contributed by atoms with van der Waals surface area (Å²) in [4.78, 5) is 35.2. The molecule has 210 valence electrons. The van der Waals surface area contributed by atoms with Gasteiger partial charge in [0.2, 0.25) is 0 Å². The summed E-state index contributed by atoms with van der Waals surface area (Å²) >= 11 is 0. The number of allylic oxidation sites excluding steroid dienone is 8. The van der Waals surface area contributed by atoms with Gasteiger partial charge in [-0.1, -0.05) is 62.5 Å². The maximum atomic E-state index is 12.3. The van der Waals surface area contributed by atoms with Crippen LogP contribution in [0.5, 0.6) is 0 Å². The number of carboxylic acid groups (broad SMARTS) is 1. The van der Waals surface area contributed by atoms with Crippen molar-refractivity contribution in [3.8, 4) is 0 Å². The van der Waals surface area contributed by atoms with Crippen LogP contribution in [0.4, 0.5) is 0 Å². The number of carbonyl (C=O) groups is 3. The van der Waals surface area contributed by atoms with E-state index in [1.54, 1.807) is 28.1 Å². The number of ether oxygens (including phenoxy) is 3. The molecule has 0 bridgehead atoms. The minimum atomic E-state index is -1.15. The number of hydrogen-bond donors (Lipinski definition) is 0. The van der Waals surface area contributed by atoms with Crippen LogP contribution >= 0.6 is 0 Å². The Balaban J connectivity index is 4.41. The highest BCUT2D eigenvalue weighted by Crippen LogP contribution is 2.08. The summed E-state index contributed by atoms with van der Waals surface area (Å²) in [6.07, 6.45) is 20.9. The number of hydrogen-bond acceptors (Lipinski definition) is 7. The average Bonchev–Trinajstić information content (AvgIpc) is 2.83. The van der Waals surface area contributed by atoms with Gasteiger partial charge in [-0.3, -0.25) is 9.59 Å². The molecule has 0 aromatic carbocycles. The molecule has 0 aliphatic heterocycles. The maximum Gasteiger partial charge on any atom is 0.306 e. The zero-order valence-electron chi connectivity index (χ0n) is 23.4. The van der Waals surface area contributed by atoms with E-state index in [1.165, 1.54) is 0 Å². The molecule has 37 heavy (non-hydrogen) atoms. The van der Waals surface area contributed by atoms with Gasteiger partial charge in [-0.15, -0.1) is 0 Å². The van der Waals surface area contributed by atoms with Gasteiger partial charge in [-0.25, -0.2) is 0 Å². The number of aliphatic carboxylic acids is 1. The third kappa shape index (κ3) is 20.1. The molecule has 0 spiro atoms. The summed E-state index contributed by atoms with van der Waals surface area (Å²) in [6, 6.07) is -0.731. The molecule has 0 saturated carbocycles. The normalized spacial score (nSPS) is 14.1. The molecule has 0 radical (unpaired) electrons. The Hall–Kier alpha value is -2.71. The van der Waals surface area contributed by atoms with Crippen LogP contribution in [0, 0.1) is 0 Å². The highest BCUT2D eigenvalue weighted by molar-refractivity contribution is 5.70. The van der Waals surface area contributed by atoms with Gasteiger partial charge in [-0.05, 0) is 32.1 Å². The lowest BCUT2D eigenvalue weighted by atomic mass is 10.1. The topological polar surface area (TPSA) is 102 Å². The molecule has 8 nitrogen and oxygen atoms in total. The molecule has 2 unspecified atom stereocenters. The molecular weight excluding hydrogens is 474 g/mol. The van der Waals surface area contributed by atoms with Crippen LogP contribution < -0.4 is 5.11 Å². The van der Waals surface area contributed by atoms with Crippen molar-refractivity contribution in [1.29, 1.82) is 0 Å². The Morgan fingerprint density at radius 1 is 0.811 bits per heavy atom. The van der Waals surface area contributed by atoms with E-state index in [4.69, 9.17) is 14.2 Å². The first kappa shape index (κ1) is 34.3. The first-order valence-electron chi connectivity index (χ1n) is 13.2. The van der Waals surface area contributed by atoms with Crippen molar-refractivity contribution in [3.05, 3.63) is 48.6 Å². The largest absolute Gasteiger partial charge is 0.544 e. The van der Waals surface area contributed by atoms with E-state index < -0.39 is 30.1 Å². The van der Waals surface area contributed by atoms with E-state index >= 15 is 0 Å². The van der Waals surface area contributed by atoms with Gasteiger partial charge in [0, 0.05) is 19.3 Å². The van der Waals surface area contributed by atoms with E-state index in [2.05, 4.69) is 43.4 Å². The van der Waals surface area contributed by atoms with Crippen LogP contribution in [0.25, 0.3) is 0 Å². The van der Waals surface area contributed by atoms with E-state index in [-0.39, 0.29) is 43.6 Å². The van der Waals surface area contributed by atoms with Crippen molar-refractivity contribution in [3.63, 3.8) is 0 Å².